The molecule has 0 saturated carbocycles. The number of thioether (sulfide) groups is 1. The summed E-state index contributed by atoms with van der Waals surface area (Å²) < 4.78 is 1.52. The van der Waals surface area contributed by atoms with Crippen molar-refractivity contribution in [3.8, 4) is 0 Å². The summed E-state index contributed by atoms with van der Waals surface area (Å²) >= 11 is 1.60. The molecule has 29 heavy (non-hydrogen) atoms. The van der Waals surface area contributed by atoms with E-state index < -0.39 is 0 Å². The Kier molecular flexibility index (Phi) is 6.93. The molecule has 0 aliphatic carbocycles. The summed E-state index contributed by atoms with van der Waals surface area (Å²) in [6.07, 6.45) is 0. The zero-order chi connectivity index (χ0) is 20.8. The van der Waals surface area contributed by atoms with Crippen LogP contribution in [0.15, 0.2) is 59.4 Å². The van der Waals surface area contributed by atoms with Gasteiger partial charge in [0.15, 0.2) is 0 Å². The molecule has 0 saturated heterocycles. The number of anilines is 1. The third-order valence-electron chi connectivity index (χ3n) is 4.61. The molecule has 0 radical (unpaired) electrons. The molecule has 0 aliphatic rings. The third kappa shape index (κ3) is 4.98. The highest BCUT2D eigenvalue weighted by molar-refractivity contribution is 7.99. The number of benzene rings is 2. The van der Waals surface area contributed by atoms with Gasteiger partial charge >= 0.3 is 0 Å². The lowest BCUT2D eigenvalue weighted by molar-refractivity contribution is -0.120. The minimum atomic E-state index is -0.232. The van der Waals surface area contributed by atoms with Crippen LogP contribution in [-0.2, 0) is 17.1 Å². The molecule has 1 unspecified atom stereocenters. The van der Waals surface area contributed by atoms with Crippen molar-refractivity contribution in [3.05, 3.63) is 70.5 Å². The number of nitrogens with one attached hydrogen (secondary N) is 2. The second-order valence-corrected chi connectivity index (χ2v) is 8.21. The monoisotopic (exact) mass is 410 g/mol. The molecule has 0 fully saturated rings. The van der Waals surface area contributed by atoms with Crippen molar-refractivity contribution >= 4 is 34.5 Å². The van der Waals surface area contributed by atoms with Crippen LogP contribution in [-0.4, -0.2) is 20.7 Å². The summed E-state index contributed by atoms with van der Waals surface area (Å²) in [5.74, 6) is 1.11. The zero-order valence-electron chi connectivity index (χ0n) is 16.9. The molecular formula is C22H26N4O2S. The van der Waals surface area contributed by atoms with Gasteiger partial charge in [-0.2, -0.15) is 0 Å². The summed E-state index contributed by atoms with van der Waals surface area (Å²) in [4.78, 5) is 30.0. The van der Waals surface area contributed by atoms with Crippen LogP contribution in [0, 0.1) is 5.92 Å². The van der Waals surface area contributed by atoms with E-state index in [0.29, 0.717) is 23.4 Å². The Morgan fingerprint density at radius 2 is 1.79 bits per heavy atom. The average molecular weight is 411 g/mol. The van der Waals surface area contributed by atoms with Crippen LogP contribution < -0.4 is 16.4 Å². The van der Waals surface area contributed by atoms with Crippen LogP contribution in [0.1, 0.15) is 26.3 Å². The largest absolute Gasteiger partial charge is 0.277 e. The van der Waals surface area contributed by atoms with Crippen molar-refractivity contribution in [3.63, 3.8) is 0 Å². The summed E-state index contributed by atoms with van der Waals surface area (Å²) in [6, 6.07) is 17.3. The summed E-state index contributed by atoms with van der Waals surface area (Å²) in [5.41, 5.74) is 7.27. The van der Waals surface area contributed by atoms with E-state index in [9.17, 15) is 9.59 Å². The number of hydrogen-bond acceptors (Lipinski definition) is 5. The van der Waals surface area contributed by atoms with Crippen molar-refractivity contribution in [2.75, 3.05) is 5.43 Å². The molecule has 3 rings (SSSR count). The number of fused-ring (bicyclic) bond motifs is 1. The number of carbonyl (C=O) groups is 1. The van der Waals surface area contributed by atoms with Crippen LogP contribution in [0.3, 0.4) is 0 Å². The number of hydrazine groups is 1. The van der Waals surface area contributed by atoms with Gasteiger partial charge in [0.1, 0.15) is 0 Å². The van der Waals surface area contributed by atoms with E-state index >= 15 is 0 Å². The first-order valence-electron chi connectivity index (χ1n) is 9.72. The summed E-state index contributed by atoms with van der Waals surface area (Å²) in [5, 5.41) is 0.328. The van der Waals surface area contributed by atoms with Crippen molar-refractivity contribution in [1.29, 1.82) is 0 Å². The second kappa shape index (κ2) is 9.60. The minimum absolute atomic E-state index is 0.131. The highest BCUT2D eigenvalue weighted by Crippen LogP contribution is 2.24. The molecule has 0 aliphatic heterocycles. The van der Waals surface area contributed by atoms with Gasteiger partial charge in [-0.1, -0.05) is 56.3 Å². The summed E-state index contributed by atoms with van der Waals surface area (Å²) in [7, 11) is 0. The first-order chi connectivity index (χ1) is 14.0. The maximum absolute atomic E-state index is 12.8. The molecule has 2 aromatic carbocycles. The Morgan fingerprint density at radius 1 is 1.10 bits per heavy atom. The molecule has 1 aromatic heterocycles. The van der Waals surface area contributed by atoms with Crippen LogP contribution in [0.2, 0.25) is 0 Å². The zero-order valence-corrected chi connectivity index (χ0v) is 17.7. The van der Waals surface area contributed by atoms with E-state index in [1.807, 2.05) is 51.1 Å². The lowest BCUT2D eigenvalue weighted by Gasteiger charge is -2.21. The van der Waals surface area contributed by atoms with E-state index in [-0.39, 0.29) is 22.6 Å². The Hall–Kier alpha value is -2.80. The van der Waals surface area contributed by atoms with Gasteiger partial charge in [0.05, 0.1) is 16.2 Å². The standard InChI is InChI=1S/C22H26N4O2S/c1-4-26-21(28)17-12-8-9-13-18(17)23-22(26)25-24-20(27)19(15(2)3)29-14-16-10-6-5-7-11-16/h5-13,15,19H,4,14H2,1-3H3,(H,23,25)(H,24,27). The van der Waals surface area contributed by atoms with Crippen LogP contribution >= 0.6 is 11.8 Å². The van der Waals surface area contributed by atoms with E-state index in [0.717, 1.165) is 5.75 Å². The van der Waals surface area contributed by atoms with E-state index in [1.54, 1.807) is 23.9 Å². The lowest BCUT2D eigenvalue weighted by atomic mass is 10.1. The van der Waals surface area contributed by atoms with E-state index in [2.05, 4.69) is 28.0 Å². The second-order valence-electron chi connectivity index (χ2n) is 7.08. The number of aromatic nitrogens is 2. The first kappa shape index (κ1) is 20.9. The van der Waals surface area contributed by atoms with Crippen molar-refractivity contribution < 1.29 is 4.79 Å². The van der Waals surface area contributed by atoms with Gasteiger partial charge in [0.2, 0.25) is 5.95 Å². The van der Waals surface area contributed by atoms with Crippen LogP contribution in [0.5, 0.6) is 0 Å². The molecule has 0 bridgehead atoms. The molecule has 2 N–H and O–H groups in total. The van der Waals surface area contributed by atoms with Gasteiger partial charge in [-0.05, 0) is 30.5 Å². The van der Waals surface area contributed by atoms with Gasteiger partial charge in [0, 0.05) is 12.3 Å². The Balaban J connectivity index is 1.73. The average Bonchev–Trinajstić information content (AvgIpc) is 2.73. The van der Waals surface area contributed by atoms with Gasteiger partial charge < -0.3 is 0 Å². The highest BCUT2D eigenvalue weighted by atomic mass is 32.2. The molecule has 3 aromatic rings. The molecule has 1 amide bonds. The Bertz CT molecular complexity index is 1030. The van der Waals surface area contributed by atoms with Crippen molar-refractivity contribution in [1.82, 2.24) is 15.0 Å². The number of para-hydroxylation sites is 1. The Labute approximate surface area is 174 Å². The third-order valence-corrected chi connectivity index (χ3v) is 6.23. The van der Waals surface area contributed by atoms with Gasteiger partial charge in [0.25, 0.3) is 11.5 Å². The molecular weight excluding hydrogens is 384 g/mol. The SMILES string of the molecule is CCn1c(NNC(=O)C(SCc2ccccc2)C(C)C)nc2ccccc2c1=O. The quantitative estimate of drug-likeness (QED) is 0.552. The molecule has 0 spiro atoms. The highest BCUT2D eigenvalue weighted by Gasteiger charge is 2.23. The number of rotatable bonds is 8. The van der Waals surface area contributed by atoms with Gasteiger partial charge in [-0.25, -0.2) is 4.98 Å². The summed E-state index contributed by atoms with van der Waals surface area (Å²) in [6.45, 7) is 6.37. The van der Waals surface area contributed by atoms with Crippen LogP contribution in [0.4, 0.5) is 5.95 Å². The first-order valence-corrected chi connectivity index (χ1v) is 10.8. The van der Waals surface area contributed by atoms with Gasteiger partial charge in [-0.3, -0.25) is 25.0 Å². The van der Waals surface area contributed by atoms with Crippen molar-refractivity contribution in [2.24, 2.45) is 5.92 Å². The molecule has 1 heterocycles. The van der Waals surface area contributed by atoms with E-state index in [4.69, 9.17) is 0 Å². The predicted molar refractivity (Wildman–Crippen MR) is 120 cm³/mol. The molecule has 152 valence electrons. The fraction of sp³-hybridized carbons (Fsp3) is 0.318. The van der Waals surface area contributed by atoms with Crippen molar-refractivity contribution in [2.45, 2.75) is 38.3 Å². The number of hydrogen-bond donors (Lipinski definition) is 2. The smallest absolute Gasteiger partial charge is 0.262 e. The maximum atomic E-state index is 12.8. The maximum Gasteiger partial charge on any atom is 0.262 e. The predicted octanol–water partition coefficient (Wildman–Crippen LogP) is 3.82. The van der Waals surface area contributed by atoms with Gasteiger partial charge in [-0.15, -0.1) is 11.8 Å². The number of nitrogens with zero attached hydrogens (tertiary/aromatic N) is 2. The minimum Gasteiger partial charge on any atom is -0.277 e. The molecule has 6 nitrogen and oxygen atoms in total. The topological polar surface area (TPSA) is 76.0 Å². The Morgan fingerprint density at radius 3 is 2.48 bits per heavy atom. The molecule has 1 atom stereocenters. The number of amides is 1. The molecule has 7 heteroatoms. The van der Waals surface area contributed by atoms with Crippen LogP contribution in [0.25, 0.3) is 10.9 Å². The fourth-order valence-electron chi connectivity index (χ4n) is 3.08. The number of carbonyl (C=O) groups excluding carboxylic acids is 1. The lowest BCUT2D eigenvalue weighted by Crippen LogP contribution is -2.41. The fourth-order valence-corrected chi connectivity index (χ4v) is 4.24. The normalized spacial score (nSPS) is 12.1. The van der Waals surface area contributed by atoms with E-state index in [1.165, 1.54) is 10.1 Å².